The monoisotopic (exact) mass is 426 g/mol. The molecular formula is C20H14N2O7S. The number of hydrogen-bond donors (Lipinski definition) is 1. The Morgan fingerprint density at radius 3 is 2.47 bits per heavy atom. The molecule has 0 aliphatic rings. The first-order chi connectivity index (χ1) is 14.3. The molecule has 4 aromatic rings. The van der Waals surface area contributed by atoms with E-state index in [4.69, 9.17) is 9.84 Å². The first kappa shape index (κ1) is 19.4. The standard InChI is InChI=1S/C20H14N2O7S/c23-20(24)12-29-14-8-9-17-16-6-1-2-7-18(16)21(19(17)11-14)30(27,28)15-5-3-4-13(10-15)22(25)26/h1-11H,12H2,(H,23,24). The number of carbonyl (C=O) groups is 1. The van der Waals surface area contributed by atoms with Crippen molar-refractivity contribution in [2.24, 2.45) is 0 Å². The van der Waals surface area contributed by atoms with Crippen LogP contribution in [0.3, 0.4) is 0 Å². The summed E-state index contributed by atoms with van der Waals surface area (Å²) in [6.45, 7) is -0.580. The van der Waals surface area contributed by atoms with Crippen LogP contribution in [0.2, 0.25) is 0 Å². The Kier molecular flexibility index (Phi) is 4.63. The lowest BCUT2D eigenvalue weighted by molar-refractivity contribution is -0.385. The van der Waals surface area contributed by atoms with Crippen molar-refractivity contribution in [3.63, 3.8) is 0 Å². The number of fused-ring (bicyclic) bond motifs is 3. The maximum atomic E-state index is 13.5. The molecular weight excluding hydrogens is 412 g/mol. The fourth-order valence-electron chi connectivity index (χ4n) is 3.27. The lowest BCUT2D eigenvalue weighted by atomic mass is 10.1. The first-order valence-electron chi connectivity index (χ1n) is 8.67. The van der Waals surface area contributed by atoms with E-state index in [1.165, 1.54) is 24.3 Å². The highest BCUT2D eigenvalue weighted by Crippen LogP contribution is 2.35. The Balaban J connectivity index is 2.00. The van der Waals surface area contributed by atoms with Crippen molar-refractivity contribution in [1.29, 1.82) is 0 Å². The fraction of sp³-hybridized carbons (Fsp3) is 0.0500. The van der Waals surface area contributed by atoms with Crippen molar-refractivity contribution in [1.82, 2.24) is 3.97 Å². The van der Waals surface area contributed by atoms with Crippen molar-refractivity contribution in [3.8, 4) is 5.75 Å². The Hall–Kier alpha value is -3.92. The first-order valence-corrected chi connectivity index (χ1v) is 10.1. The number of benzene rings is 3. The number of carboxylic acid groups (broad SMARTS) is 1. The van der Waals surface area contributed by atoms with Gasteiger partial charge in [0, 0.05) is 29.0 Å². The van der Waals surface area contributed by atoms with Crippen molar-refractivity contribution in [2.45, 2.75) is 4.90 Å². The Labute approximate surface area is 169 Å². The summed E-state index contributed by atoms with van der Waals surface area (Å²) in [5.41, 5.74) is 0.308. The molecule has 0 saturated heterocycles. The molecule has 10 heteroatoms. The van der Waals surface area contributed by atoms with Gasteiger partial charge in [0.1, 0.15) is 5.75 Å². The van der Waals surface area contributed by atoms with E-state index in [0.29, 0.717) is 16.3 Å². The molecule has 0 unspecified atom stereocenters. The van der Waals surface area contributed by atoms with Gasteiger partial charge in [-0.2, -0.15) is 0 Å². The predicted molar refractivity (Wildman–Crippen MR) is 108 cm³/mol. The summed E-state index contributed by atoms with van der Waals surface area (Å²) < 4.78 is 33.2. The summed E-state index contributed by atoms with van der Waals surface area (Å²) in [4.78, 5) is 21.0. The molecule has 0 amide bonds. The van der Waals surface area contributed by atoms with Gasteiger partial charge in [-0.05, 0) is 24.3 Å². The van der Waals surface area contributed by atoms with E-state index in [-0.39, 0.29) is 21.8 Å². The van der Waals surface area contributed by atoms with Crippen molar-refractivity contribution < 1.29 is 28.0 Å². The van der Waals surface area contributed by atoms with Gasteiger partial charge in [-0.1, -0.05) is 24.3 Å². The molecule has 0 aliphatic heterocycles. The quantitative estimate of drug-likeness (QED) is 0.369. The van der Waals surface area contributed by atoms with Crippen LogP contribution < -0.4 is 4.74 Å². The second-order valence-corrected chi connectivity index (χ2v) is 8.19. The maximum Gasteiger partial charge on any atom is 0.341 e. The summed E-state index contributed by atoms with van der Waals surface area (Å²) in [6.07, 6.45) is 0. The number of nitro groups is 1. The molecule has 1 aromatic heterocycles. The lowest BCUT2D eigenvalue weighted by Gasteiger charge is -2.10. The Morgan fingerprint density at radius 2 is 1.73 bits per heavy atom. The zero-order chi connectivity index (χ0) is 21.5. The zero-order valence-corrected chi connectivity index (χ0v) is 16.1. The lowest BCUT2D eigenvalue weighted by Crippen LogP contribution is -2.13. The van der Waals surface area contributed by atoms with E-state index < -0.39 is 27.5 Å². The average molecular weight is 426 g/mol. The number of rotatable bonds is 6. The van der Waals surface area contributed by atoms with E-state index in [0.717, 1.165) is 10.0 Å². The zero-order valence-electron chi connectivity index (χ0n) is 15.3. The molecule has 3 aromatic carbocycles. The molecule has 9 nitrogen and oxygen atoms in total. The molecule has 0 atom stereocenters. The normalized spacial score (nSPS) is 11.6. The molecule has 4 rings (SSSR count). The van der Waals surface area contributed by atoms with Crippen LogP contribution in [-0.4, -0.2) is 35.0 Å². The third-order valence-corrected chi connectivity index (χ3v) is 6.25. The molecule has 0 fully saturated rings. The third kappa shape index (κ3) is 3.22. The minimum Gasteiger partial charge on any atom is -0.482 e. The van der Waals surface area contributed by atoms with E-state index in [9.17, 15) is 23.3 Å². The SMILES string of the molecule is O=C(O)COc1ccc2c3ccccc3n(S(=O)(=O)c3cccc([N+](=O)[O-])c3)c2c1. The average Bonchev–Trinajstić information content (AvgIpc) is 3.06. The van der Waals surface area contributed by atoms with Gasteiger partial charge in [0.15, 0.2) is 6.61 Å². The highest BCUT2D eigenvalue weighted by atomic mass is 32.2. The van der Waals surface area contributed by atoms with Crippen molar-refractivity contribution in [3.05, 3.63) is 76.8 Å². The second-order valence-electron chi connectivity index (χ2n) is 6.40. The van der Waals surface area contributed by atoms with Gasteiger partial charge in [-0.3, -0.25) is 10.1 Å². The van der Waals surface area contributed by atoms with Gasteiger partial charge in [0.25, 0.3) is 15.7 Å². The van der Waals surface area contributed by atoms with Crippen molar-refractivity contribution in [2.75, 3.05) is 6.61 Å². The van der Waals surface area contributed by atoms with Gasteiger partial charge in [-0.15, -0.1) is 0 Å². The van der Waals surface area contributed by atoms with Crippen LogP contribution in [0.15, 0.2) is 71.6 Å². The number of hydrogen-bond acceptors (Lipinski definition) is 6. The van der Waals surface area contributed by atoms with E-state index >= 15 is 0 Å². The summed E-state index contributed by atoms with van der Waals surface area (Å²) in [7, 11) is -4.21. The number of nitrogens with zero attached hydrogens (tertiary/aromatic N) is 2. The fourth-order valence-corrected chi connectivity index (χ4v) is 4.83. The van der Waals surface area contributed by atoms with Crippen LogP contribution in [-0.2, 0) is 14.8 Å². The number of non-ortho nitro benzene ring substituents is 1. The number of nitro benzene ring substituents is 1. The number of aromatic nitrogens is 1. The summed E-state index contributed by atoms with van der Waals surface area (Å²) >= 11 is 0. The van der Waals surface area contributed by atoms with Gasteiger partial charge < -0.3 is 9.84 Å². The van der Waals surface area contributed by atoms with Crippen LogP contribution >= 0.6 is 0 Å². The minimum absolute atomic E-state index is 0.184. The van der Waals surface area contributed by atoms with E-state index in [2.05, 4.69) is 0 Å². The molecule has 0 aliphatic carbocycles. The predicted octanol–water partition coefficient (Wildman–Crippen LogP) is 3.40. The number of carboxylic acids is 1. The summed E-state index contributed by atoms with van der Waals surface area (Å²) in [5, 5.41) is 21.2. The summed E-state index contributed by atoms with van der Waals surface area (Å²) in [5.74, 6) is -0.983. The molecule has 0 spiro atoms. The van der Waals surface area contributed by atoms with Crippen LogP contribution in [0.25, 0.3) is 21.8 Å². The maximum absolute atomic E-state index is 13.5. The van der Waals surface area contributed by atoms with Gasteiger partial charge in [0.05, 0.1) is 20.9 Å². The van der Waals surface area contributed by atoms with Crippen LogP contribution in [0.1, 0.15) is 0 Å². The topological polar surface area (TPSA) is 129 Å². The number of ether oxygens (including phenoxy) is 1. The molecule has 152 valence electrons. The Morgan fingerprint density at radius 1 is 1.00 bits per heavy atom. The van der Waals surface area contributed by atoms with Gasteiger partial charge >= 0.3 is 5.97 Å². The van der Waals surface area contributed by atoms with Gasteiger partial charge in [-0.25, -0.2) is 17.2 Å². The molecule has 0 bridgehead atoms. The minimum atomic E-state index is -4.21. The van der Waals surface area contributed by atoms with Gasteiger partial charge in [0.2, 0.25) is 0 Å². The molecule has 1 heterocycles. The van der Waals surface area contributed by atoms with Crippen molar-refractivity contribution >= 4 is 43.5 Å². The van der Waals surface area contributed by atoms with Crippen LogP contribution in [0.4, 0.5) is 5.69 Å². The molecule has 0 radical (unpaired) electrons. The van der Waals surface area contributed by atoms with E-state index in [1.54, 1.807) is 36.4 Å². The third-order valence-electron chi connectivity index (χ3n) is 4.53. The van der Waals surface area contributed by atoms with E-state index in [1.807, 2.05) is 0 Å². The van der Waals surface area contributed by atoms with Crippen LogP contribution in [0, 0.1) is 10.1 Å². The molecule has 0 saturated carbocycles. The largest absolute Gasteiger partial charge is 0.482 e. The smallest absolute Gasteiger partial charge is 0.341 e. The number of para-hydroxylation sites is 1. The summed E-state index contributed by atoms with van der Waals surface area (Å²) in [6, 6.07) is 16.3. The molecule has 1 N–H and O–H groups in total. The second kappa shape index (κ2) is 7.16. The highest BCUT2D eigenvalue weighted by Gasteiger charge is 2.25. The number of aliphatic carboxylic acids is 1. The Bertz CT molecular complexity index is 1420. The molecule has 30 heavy (non-hydrogen) atoms. The highest BCUT2D eigenvalue weighted by molar-refractivity contribution is 7.90. The van der Waals surface area contributed by atoms with Crippen LogP contribution in [0.5, 0.6) is 5.75 Å².